The Kier molecular flexibility index (Phi) is 10.2. The Morgan fingerprint density at radius 3 is 2.57 bits per heavy atom. The Morgan fingerprint density at radius 1 is 1.14 bits per heavy atom. The van der Waals surface area contributed by atoms with E-state index in [0.29, 0.717) is 35.8 Å². The molecule has 9 heteroatoms. The van der Waals surface area contributed by atoms with Crippen LogP contribution in [-0.2, 0) is 9.53 Å². The van der Waals surface area contributed by atoms with E-state index in [4.69, 9.17) is 15.2 Å². The Bertz CT molecular complexity index is 804. The molecule has 0 atom stereocenters. The highest BCUT2D eigenvalue weighted by molar-refractivity contribution is 8.00. The van der Waals surface area contributed by atoms with E-state index in [2.05, 4.69) is 10.6 Å². The first kappa shape index (κ1) is 23.6. The number of carbonyl (C=O) groups is 2. The van der Waals surface area contributed by atoms with Crippen LogP contribution in [0, 0.1) is 0 Å². The van der Waals surface area contributed by atoms with Gasteiger partial charge in [0.1, 0.15) is 5.75 Å². The molecule has 0 heterocycles. The standard InChI is InChI=1S/C19H23N3O4S.ClH/c1-25-10-9-21-18(23)12-27-17-6-4-3-5-14(17)19(24)22-13-7-8-16(26-2)15(20)11-13;/h3-8,11H,9-10,12,20H2,1-2H3,(H,21,23)(H,22,24);1H. The molecule has 0 bridgehead atoms. The molecule has 0 aromatic heterocycles. The van der Waals surface area contributed by atoms with Crippen LogP contribution in [0.25, 0.3) is 0 Å². The van der Waals surface area contributed by atoms with Gasteiger partial charge in [0.25, 0.3) is 5.91 Å². The highest BCUT2D eigenvalue weighted by Crippen LogP contribution is 2.26. The van der Waals surface area contributed by atoms with Crippen molar-refractivity contribution in [2.24, 2.45) is 0 Å². The number of hydrogen-bond acceptors (Lipinski definition) is 6. The Morgan fingerprint density at radius 2 is 1.89 bits per heavy atom. The molecule has 28 heavy (non-hydrogen) atoms. The van der Waals surface area contributed by atoms with E-state index in [9.17, 15) is 9.59 Å². The van der Waals surface area contributed by atoms with Gasteiger partial charge in [0.05, 0.1) is 30.7 Å². The minimum Gasteiger partial charge on any atom is -0.495 e. The van der Waals surface area contributed by atoms with Crippen molar-refractivity contribution in [2.75, 3.05) is 44.2 Å². The summed E-state index contributed by atoms with van der Waals surface area (Å²) in [5.74, 6) is 0.366. The molecule has 2 rings (SSSR count). The normalized spacial score (nSPS) is 9.93. The average molecular weight is 426 g/mol. The number of thioether (sulfide) groups is 1. The minimum atomic E-state index is -0.276. The first-order chi connectivity index (χ1) is 13.0. The molecular formula is C19H24ClN3O4S. The maximum atomic E-state index is 12.6. The maximum absolute atomic E-state index is 12.6. The highest BCUT2D eigenvalue weighted by atomic mass is 35.5. The van der Waals surface area contributed by atoms with E-state index in [0.717, 1.165) is 4.90 Å². The van der Waals surface area contributed by atoms with E-state index >= 15 is 0 Å². The second-order valence-corrected chi connectivity index (χ2v) is 6.56. The van der Waals surface area contributed by atoms with Gasteiger partial charge in [-0.3, -0.25) is 9.59 Å². The molecule has 0 saturated heterocycles. The minimum absolute atomic E-state index is 0. The molecule has 0 radical (unpaired) electrons. The number of nitrogen functional groups attached to an aromatic ring is 1. The Hall–Kier alpha value is -2.42. The van der Waals surface area contributed by atoms with Gasteiger partial charge in [-0.25, -0.2) is 0 Å². The molecule has 7 nitrogen and oxygen atoms in total. The molecule has 152 valence electrons. The molecule has 0 saturated carbocycles. The fraction of sp³-hybridized carbons (Fsp3) is 0.263. The van der Waals surface area contributed by atoms with E-state index in [1.54, 1.807) is 37.4 Å². The lowest BCUT2D eigenvalue weighted by Gasteiger charge is -2.11. The number of hydrogen-bond donors (Lipinski definition) is 3. The summed E-state index contributed by atoms with van der Waals surface area (Å²) in [6.45, 7) is 0.914. The summed E-state index contributed by atoms with van der Waals surface area (Å²) in [5.41, 5.74) is 7.36. The van der Waals surface area contributed by atoms with Gasteiger partial charge in [-0.05, 0) is 30.3 Å². The highest BCUT2D eigenvalue weighted by Gasteiger charge is 2.13. The predicted octanol–water partition coefficient (Wildman–Crippen LogP) is 2.81. The van der Waals surface area contributed by atoms with Crippen LogP contribution >= 0.6 is 24.2 Å². The molecule has 4 N–H and O–H groups in total. The summed E-state index contributed by atoms with van der Waals surface area (Å²) in [6, 6.07) is 12.2. The molecular weight excluding hydrogens is 402 g/mol. The topological polar surface area (TPSA) is 103 Å². The van der Waals surface area contributed by atoms with Crippen LogP contribution in [0.15, 0.2) is 47.4 Å². The van der Waals surface area contributed by atoms with Crippen molar-refractivity contribution in [3.63, 3.8) is 0 Å². The third kappa shape index (κ3) is 6.95. The van der Waals surface area contributed by atoms with Crippen molar-refractivity contribution in [3.05, 3.63) is 48.0 Å². The van der Waals surface area contributed by atoms with Crippen molar-refractivity contribution in [1.82, 2.24) is 5.32 Å². The Balaban J connectivity index is 0.00000392. The third-order valence-electron chi connectivity index (χ3n) is 3.61. The molecule has 0 unspecified atom stereocenters. The van der Waals surface area contributed by atoms with Crippen LogP contribution in [0.3, 0.4) is 0 Å². The van der Waals surface area contributed by atoms with Crippen LogP contribution in [0.4, 0.5) is 11.4 Å². The van der Waals surface area contributed by atoms with E-state index < -0.39 is 0 Å². The predicted molar refractivity (Wildman–Crippen MR) is 115 cm³/mol. The second-order valence-electron chi connectivity index (χ2n) is 5.54. The molecule has 0 spiro atoms. The third-order valence-corrected chi connectivity index (χ3v) is 4.68. The van der Waals surface area contributed by atoms with Crippen molar-refractivity contribution < 1.29 is 19.1 Å². The number of nitrogens with one attached hydrogen (secondary N) is 2. The maximum Gasteiger partial charge on any atom is 0.256 e. The van der Waals surface area contributed by atoms with Gasteiger partial charge in [-0.15, -0.1) is 24.2 Å². The van der Waals surface area contributed by atoms with Crippen molar-refractivity contribution >= 4 is 47.4 Å². The number of nitrogens with two attached hydrogens (primary N) is 1. The largest absolute Gasteiger partial charge is 0.495 e. The lowest BCUT2D eigenvalue weighted by atomic mass is 10.2. The summed E-state index contributed by atoms with van der Waals surface area (Å²) >= 11 is 1.30. The summed E-state index contributed by atoms with van der Waals surface area (Å²) in [5, 5.41) is 5.56. The SMILES string of the molecule is COCCNC(=O)CSc1ccccc1C(=O)Nc1ccc(OC)c(N)c1.Cl. The molecule has 2 amide bonds. The van der Waals surface area contributed by atoms with Gasteiger partial charge in [0.15, 0.2) is 0 Å². The van der Waals surface area contributed by atoms with Crippen LogP contribution < -0.4 is 21.1 Å². The van der Waals surface area contributed by atoms with Crippen LogP contribution in [0.2, 0.25) is 0 Å². The van der Waals surface area contributed by atoms with E-state index in [-0.39, 0.29) is 30.0 Å². The smallest absolute Gasteiger partial charge is 0.256 e. The first-order valence-corrected chi connectivity index (χ1v) is 9.26. The quantitative estimate of drug-likeness (QED) is 0.324. The first-order valence-electron chi connectivity index (χ1n) is 8.27. The number of amides is 2. The lowest BCUT2D eigenvalue weighted by molar-refractivity contribution is -0.118. The number of methoxy groups -OCH3 is 2. The zero-order valence-corrected chi connectivity index (χ0v) is 17.3. The number of halogens is 1. The van der Waals surface area contributed by atoms with Gasteiger partial charge < -0.3 is 25.8 Å². The number of carbonyl (C=O) groups excluding carboxylic acids is 2. The number of ether oxygens (including phenoxy) is 2. The number of benzene rings is 2. The van der Waals surface area contributed by atoms with Crippen molar-refractivity contribution in [3.8, 4) is 5.75 Å². The number of anilines is 2. The fourth-order valence-electron chi connectivity index (χ4n) is 2.28. The molecule has 0 aliphatic heterocycles. The van der Waals surface area contributed by atoms with E-state index in [1.807, 2.05) is 12.1 Å². The van der Waals surface area contributed by atoms with Gasteiger partial charge >= 0.3 is 0 Å². The summed E-state index contributed by atoms with van der Waals surface area (Å²) in [6.07, 6.45) is 0. The average Bonchev–Trinajstić information content (AvgIpc) is 2.67. The van der Waals surface area contributed by atoms with Crippen LogP contribution in [0.1, 0.15) is 10.4 Å². The Labute approximate surface area is 174 Å². The molecule has 2 aromatic carbocycles. The van der Waals surface area contributed by atoms with Gasteiger partial charge in [-0.2, -0.15) is 0 Å². The van der Waals surface area contributed by atoms with Crippen LogP contribution in [0.5, 0.6) is 5.75 Å². The zero-order chi connectivity index (χ0) is 19.6. The van der Waals surface area contributed by atoms with E-state index in [1.165, 1.54) is 18.9 Å². The molecule has 0 aliphatic carbocycles. The van der Waals surface area contributed by atoms with Gasteiger partial charge in [0, 0.05) is 24.2 Å². The van der Waals surface area contributed by atoms with Gasteiger partial charge in [0.2, 0.25) is 5.91 Å². The molecule has 0 fully saturated rings. The number of rotatable bonds is 9. The van der Waals surface area contributed by atoms with Crippen molar-refractivity contribution in [2.45, 2.75) is 4.90 Å². The zero-order valence-electron chi connectivity index (χ0n) is 15.7. The lowest BCUT2D eigenvalue weighted by Crippen LogP contribution is -2.28. The summed E-state index contributed by atoms with van der Waals surface area (Å²) < 4.78 is 10.0. The monoisotopic (exact) mass is 425 g/mol. The van der Waals surface area contributed by atoms with Crippen molar-refractivity contribution in [1.29, 1.82) is 0 Å². The van der Waals surface area contributed by atoms with Gasteiger partial charge in [-0.1, -0.05) is 12.1 Å². The molecule has 0 aliphatic rings. The summed E-state index contributed by atoms with van der Waals surface area (Å²) in [7, 11) is 3.11. The molecule has 2 aromatic rings. The second kappa shape index (κ2) is 12.1. The van der Waals surface area contributed by atoms with Crippen LogP contribution in [-0.4, -0.2) is 44.9 Å². The fourth-order valence-corrected chi connectivity index (χ4v) is 3.16. The summed E-state index contributed by atoms with van der Waals surface area (Å²) in [4.78, 5) is 25.2.